The maximum Gasteiger partial charge on any atom is 0.242 e. The van der Waals surface area contributed by atoms with E-state index in [1.165, 1.54) is 0 Å². The fourth-order valence-corrected chi connectivity index (χ4v) is 3.23. The third-order valence-electron chi connectivity index (χ3n) is 4.59. The molecule has 7 heteroatoms. The highest BCUT2D eigenvalue weighted by molar-refractivity contribution is 5.85. The minimum atomic E-state index is -0.873. The summed E-state index contributed by atoms with van der Waals surface area (Å²) >= 11 is 0. The lowest BCUT2D eigenvalue weighted by atomic mass is 9.93. The van der Waals surface area contributed by atoms with Crippen molar-refractivity contribution in [2.45, 2.75) is 38.1 Å². The van der Waals surface area contributed by atoms with Crippen molar-refractivity contribution in [1.82, 2.24) is 14.9 Å². The number of rotatable bonds is 5. The Bertz CT molecular complexity index is 804. The van der Waals surface area contributed by atoms with Gasteiger partial charge in [-0.25, -0.2) is 4.98 Å². The molecule has 1 aliphatic rings. The third-order valence-corrected chi connectivity index (χ3v) is 4.59. The Labute approximate surface area is 159 Å². The van der Waals surface area contributed by atoms with Crippen molar-refractivity contribution in [3.05, 3.63) is 42.4 Å². The summed E-state index contributed by atoms with van der Waals surface area (Å²) in [5.41, 5.74) is 5.92. The largest absolute Gasteiger partial charge is 0.493 e. The Hall–Kier alpha value is -2.67. The van der Waals surface area contributed by atoms with Gasteiger partial charge in [0.1, 0.15) is 0 Å². The Kier molecular flexibility index (Phi) is 5.60. The van der Waals surface area contributed by atoms with Crippen LogP contribution in [0.15, 0.2) is 36.7 Å². The average molecular weight is 370 g/mol. The molecule has 1 aliphatic heterocycles. The maximum atomic E-state index is 12.5. The van der Waals surface area contributed by atoms with Crippen LogP contribution in [0.3, 0.4) is 0 Å². The van der Waals surface area contributed by atoms with Gasteiger partial charge in [0.25, 0.3) is 0 Å². The number of para-hydroxylation sites is 2. The molecule has 0 aliphatic carbocycles. The van der Waals surface area contributed by atoms with E-state index in [1.54, 1.807) is 33.4 Å². The molecule has 7 nitrogen and oxygen atoms in total. The molecule has 1 aromatic heterocycles. The molecule has 1 saturated heterocycles. The van der Waals surface area contributed by atoms with Crippen molar-refractivity contribution in [2.75, 3.05) is 20.2 Å². The number of carbonyl (C=O) groups excluding carboxylic acids is 1. The number of benzene rings is 1. The van der Waals surface area contributed by atoms with Gasteiger partial charge in [0.2, 0.25) is 11.8 Å². The van der Waals surface area contributed by atoms with Gasteiger partial charge in [-0.05, 0) is 38.8 Å². The summed E-state index contributed by atoms with van der Waals surface area (Å²) < 4.78 is 11.2. The highest BCUT2D eigenvalue weighted by Crippen LogP contribution is 2.31. The minimum absolute atomic E-state index is 0.0402. The molecule has 1 amide bonds. The standard InChI is InChI=1S/C20H26N4O3/c1-20(2,21)19(25)24-10-6-7-14(13-24)15-11-22-12-18(23-15)27-17-9-5-4-8-16(17)26-3/h4-5,8-9,11-12,14H,6-7,10,13,21H2,1-3H3. The first-order valence-corrected chi connectivity index (χ1v) is 9.09. The zero-order chi connectivity index (χ0) is 19.4. The minimum Gasteiger partial charge on any atom is -0.493 e. The van der Waals surface area contributed by atoms with Crippen molar-refractivity contribution in [1.29, 1.82) is 0 Å². The molecular formula is C20H26N4O3. The van der Waals surface area contributed by atoms with Crippen LogP contribution in [0.1, 0.15) is 38.3 Å². The topological polar surface area (TPSA) is 90.6 Å². The van der Waals surface area contributed by atoms with E-state index in [0.717, 1.165) is 25.1 Å². The number of hydrogen-bond donors (Lipinski definition) is 1. The zero-order valence-corrected chi connectivity index (χ0v) is 16.0. The summed E-state index contributed by atoms with van der Waals surface area (Å²) in [5, 5.41) is 0. The number of hydrogen-bond acceptors (Lipinski definition) is 6. The number of aromatic nitrogens is 2. The fraction of sp³-hybridized carbons (Fsp3) is 0.450. The molecule has 2 N–H and O–H groups in total. The van der Waals surface area contributed by atoms with Crippen LogP contribution in [0, 0.1) is 0 Å². The second-order valence-corrected chi connectivity index (χ2v) is 7.35. The monoisotopic (exact) mass is 370 g/mol. The molecule has 1 fully saturated rings. The highest BCUT2D eigenvalue weighted by Gasteiger charge is 2.32. The van der Waals surface area contributed by atoms with E-state index in [4.69, 9.17) is 15.2 Å². The van der Waals surface area contributed by atoms with Crippen molar-refractivity contribution in [2.24, 2.45) is 5.73 Å². The molecule has 1 atom stereocenters. The van der Waals surface area contributed by atoms with Crippen LogP contribution < -0.4 is 15.2 Å². The van der Waals surface area contributed by atoms with Gasteiger partial charge in [0.15, 0.2) is 11.5 Å². The average Bonchev–Trinajstić information content (AvgIpc) is 2.67. The molecular weight excluding hydrogens is 344 g/mol. The van der Waals surface area contributed by atoms with E-state index in [2.05, 4.69) is 9.97 Å². The molecule has 144 valence electrons. The molecule has 2 aromatic rings. The normalized spacial score (nSPS) is 17.5. The lowest BCUT2D eigenvalue weighted by molar-refractivity contribution is -0.137. The number of nitrogens with two attached hydrogens (primary N) is 1. The second kappa shape index (κ2) is 7.92. The van der Waals surface area contributed by atoms with Gasteiger partial charge in [-0.1, -0.05) is 12.1 Å². The molecule has 0 spiro atoms. The molecule has 2 heterocycles. The first-order chi connectivity index (χ1) is 12.9. The zero-order valence-electron chi connectivity index (χ0n) is 16.0. The van der Waals surface area contributed by atoms with Crippen molar-refractivity contribution < 1.29 is 14.3 Å². The summed E-state index contributed by atoms with van der Waals surface area (Å²) in [4.78, 5) is 23.2. The summed E-state index contributed by atoms with van der Waals surface area (Å²) in [7, 11) is 1.59. The van der Waals surface area contributed by atoms with Gasteiger partial charge in [0.05, 0.1) is 24.5 Å². The van der Waals surface area contributed by atoms with Gasteiger partial charge < -0.3 is 20.1 Å². The Balaban J connectivity index is 1.76. The van der Waals surface area contributed by atoms with Gasteiger partial charge in [-0.15, -0.1) is 0 Å². The summed E-state index contributed by atoms with van der Waals surface area (Å²) in [6.07, 6.45) is 5.17. The molecule has 3 rings (SSSR count). The van der Waals surface area contributed by atoms with Crippen LogP contribution in [0.4, 0.5) is 0 Å². The number of ether oxygens (including phenoxy) is 2. The van der Waals surface area contributed by atoms with Crippen LogP contribution in [-0.4, -0.2) is 46.5 Å². The Morgan fingerprint density at radius 2 is 2.00 bits per heavy atom. The Morgan fingerprint density at radius 1 is 1.26 bits per heavy atom. The lowest BCUT2D eigenvalue weighted by Gasteiger charge is -2.36. The number of piperidine rings is 1. The number of methoxy groups -OCH3 is 1. The molecule has 0 bridgehead atoms. The van der Waals surface area contributed by atoms with Crippen LogP contribution in [-0.2, 0) is 4.79 Å². The highest BCUT2D eigenvalue weighted by atomic mass is 16.5. The summed E-state index contributed by atoms with van der Waals surface area (Å²) in [5.74, 6) is 1.68. The summed E-state index contributed by atoms with van der Waals surface area (Å²) in [6.45, 7) is 4.79. The Morgan fingerprint density at radius 3 is 2.70 bits per heavy atom. The van der Waals surface area contributed by atoms with Crippen LogP contribution in [0.5, 0.6) is 17.4 Å². The molecule has 1 aromatic carbocycles. The molecule has 27 heavy (non-hydrogen) atoms. The third kappa shape index (κ3) is 4.54. The van der Waals surface area contributed by atoms with Crippen molar-refractivity contribution in [3.8, 4) is 17.4 Å². The number of amides is 1. The predicted octanol–water partition coefficient (Wildman–Crippen LogP) is 2.72. The van der Waals surface area contributed by atoms with E-state index in [9.17, 15) is 4.79 Å². The van der Waals surface area contributed by atoms with E-state index in [-0.39, 0.29) is 11.8 Å². The number of nitrogens with zero attached hydrogens (tertiary/aromatic N) is 3. The first kappa shape index (κ1) is 19.1. The predicted molar refractivity (Wildman–Crippen MR) is 102 cm³/mol. The number of carbonyl (C=O) groups is 1. The van der Waals surface area contributed by atoms with E-state index in [1.807, 2.05) is 29.2 Å². The first-order valence-electron chi connectivity index (χ1n) is 9.09. The van der Waals surface area contributed by atoms with Crippen LogP contribution in [0.25, 0.3) is 0 Å². The van der Waals surface area contributed by atoms with Crippen LogP contribution >= 0.6 is 0 Å². The fourth-order valence-electron chi connectivity index (χ4n) is 3.23. The van der Waals surface area contributed by atoms with Gasteiger partial charge in [-0.2, -0.15) is 0 Å². The SMILES string of the molecule is COc1ccccc1Oc1cncc(C2CCCN(C(=O)C(C)(C)N)C2)n1. The second-order valence-electron chi connectivity index (χ2n) is 7.35. The lowest BCUT2D eigenvalue weighted by Crippen LogP contribution is -2.53. The van der Waals surface area contributed by atoms with E-state index >= 15 is 0 Å². The summed E-state index contributed by atoms with van der Waals surface area (Å²) in [6, 6.07) is 7.39. The molecule has 1 unspecified atom stereocenters. The van der Waals surface area contributed by atoms with Crippen molar-refractivity contribution >= 4 is 5.91 Å². The quantitative estimate of drug-likeness (QED) is 0.870. The van der Waals surface area contributed by atoms with Gasteiger partial charge in [-0.3, -0.25) is 9.78 Å². The van der Waals surface area contributed by atoms with Crippen LogP contribution in [0.2, 0.25) is 0 Å². The molecule has 0 saturated carbocycles. The molecule has 0 radical (unpaired) electrons. The van der Waals surface area contributed by atoms with Gasteiger partial charge >= 0.3 is 0 Å². The van der Waals surface area contributed by atoms with E-state index < -0.39 is 5.54 Å². The van der Waals surface area contributed by atoms with Gasteiger partial charge in [0, 0.05) is 25.2 Å². The number of likely N-dealkylation sites (tertiary alicyclic amines) is 1. The maximum absolute atomic E-state index is 12.5. The van der Waals surface area contributed by atoms with Crippen molar-refractivity contribution in [3.63, 3.8) is 0 Å². The smallest absolute Gasteiger partial charge is 0.242 e. The van der Waals surface area contributed by atoms with E-state index in [0.29, 0.717) is 23.9 Å².